The monoisotopic (exact) mass is 293 g/mol. The molecule has 1 aromatic heterocycles. The Balaban J connectivity index is 1.78. The van der Waals surface area contributed by atoms with Crippen LogP contribution in [-0.4, -0.2) is 23.7 Å². The zero-order valence-electron chi connectivity index (χ0n) is 13.4. The highest BCUT2D eigenvalue weighted by molar-refractivity contribution is 5.78. The second kappa shape index (κ2) is 7.59. The summed E-state index contributed by atoms with van der Waals surface area (Å²) in [7, 11) is 0. The Morgan fingerprint density at radius 1 is 1.29 bits per heavy atom. The summed E-state index contributed by atoms with van der Waals surface area (Å²) in [6.07, 6.45) is 7.29. The third-order valence-corrected chi connectivity index (χ3v) is 4.31. The molecule has 5 nitrogen and oxygen atoms in total. The Morgan fingerprint density at radius 3 is 2.52 bits per heavy atom. The lowest BCUT2D eigenvalue weighted by atomic mass is 10.1. The molecule has 118 valence electrons. The van der Waals surface area contributed by atoms with Crippen LogP contribution in [0.4, 0.5) is 0 Å². The molecule has 1 unspecified atom stereocenters. The number of aromatic nitrogens is 1. The van der Waals surface area contributed by atoms with Gasteiger partial charge < -0.3 is 15.2 Å². The number of aryl methyl sites for hydroxylation is 2. The van der Waals surface area contributed by atoms with E-state index in [1.807, 2.05) is 20.8 Å². The fourth-order valence-corrected chi connectivity index (χ4v) is 3.16. The van der Waals surface area contributed by atoms with Gasteiger partial charge >= 0.3 is 0 Å². The van der Waals surface area contributed by atoms with Crippen LogP contribution >= 0.6 is 0 Å². The van der Waals surface area contributed by atoms with Gasteiger partial charge in [-0.05, 0) is 33.6 Å². The van der Waals surface area contributed by atoms with Crippen molar-refractivity contribution in [3.63, 3.8) is 0 Å². The van der Waals surface area contributed by atoms with Crippen LogP contribution in [0, 0.1) is 13.8 Å². The van der Waals surface area contributed by atoms with Gasteiger partial charge in [0, 0.05) is 17.6 Å². The Bertz CT molecular complexity index is 443. The fourth-order valence-electron chi connectivity index (χ4n) is 3.16. The van der Waals surface area contributed by atoms with Crippen molar-refractivity contribution < 1.29 is 9.32 Å². The Labute approximate surface area is 126 Å². The van der Waals surface area contributed by atoms with Gasteiger partial charge in [-0.2, -0.15) is 0 Å². The summed E-state index contributed by atoms with van der Waals surface area (Å²) in [5, 5.41) is 10.4. The van der Waals surface area contributed by atoms with Crippen molar-refractivity contribution in [2.24, 2.45) is 0 Å². The lowest BCUT2D eigenvalue weighted by Crippen LogP contribution is -2.40. The van der Waals surface area contributed by atoms with E-state index in [0.29, 0.717) is 12.6 Å². The predicted octanol–water partition coefficient (Wildman–Crippen LogP) is 2.78. The highest BCUT2D eigenvalue weighted by atomic mass is 16.5. The SMILES string of the molecule is Cc1noc(C)c1C(C)NCC(=O)NC1CCCCCC1. The number of carbonyl (C=O) groups excluding carboxylic acids is 1. The molecule has 0 aromatic carbocycles. The van der Waals surface area contributed by atoms with E-state index in [-0.39, 0.29) is 11.9 Å². The summed E-state index contributed by atoms with van der Waals surface area (Å²) < 4.78 is 5.17. The van der Waals surface area contributed by atoms with Crippen LogP contribution in [-0.2, 0) is 4.79 Å². The molecule has 2 N–H and O–H groups in total. The number of hydrogen-bond acceptors (Lipinski definition) is 4. The van der Waals surface area contributed by atoms with E-state index in [2.05, 4.69) is 15.8 Å². The van der Waals surface area contributed by atoms with E-state index in [4.69, 9.17) is 4.52 Å². The van der Waals surface area contributed by atoms with Crippen molar-refractivity contribution in [1.29, 1.82) is 0 Å². The van der Waals surface area contributed by atoms with Crippen molar-refractivity contribution >= 4 is 5.91 Å². The highest BCUT2D eigenvalue weighted by Gasteiger charge is 2.18. The average molecular weight is 293 g/mol. The Hall–Kier alpha value is -1.36. The largest absolute Gasteiger partial charge is 0.361 e. The molecule has 1 aromatic rings. The minimum absolute atomic E-state index is 0.0659. The van der Waals surface area contributed by atoms with E-state index in [1.165, 1.54) is 25.7 Å². The maximum absolute atomic E-state index is 12.1. The molecule has 1 aliphatic rings. The van der Waals surface area contributed by atoms with E-state index >= 15 is 0 Å². The molecular weight excluding hydrogens is 266 g/mol. The summed E-state index contributed by atoms with van der Waals surface area (Å²) in [6.45, 7) is 6.20. The maximum atomic E-state index is 12.1. The van der Waals surface area contributed by atoms with Gasteiger partial charge in [0.25, 0.3) is 0 Å². The van der Waals surface area contributed by atoms with Crippen molar-refractivity contribution in [3.05, 3.63) is 17.0 Å². The van der Waals surface area contributed by atoms with Gasteiger partial charge in [0.15, 0.2) is 0 Å². The van der Waals surface area contributed by atoms with Crippen LogP contribution in [0.2, 0.25) is 0 Å². The van der Waals surface area contributed by atoms with E-state index in [0.717, 1.165) is 29.9 Å². The van der Waals surface area contributed by atoms with Gasteiger partial charge in [-0.3, -0.25) is 4.79 Å². The molecule has 0 radical (unpaired) electrons. The predicted molar refractivity (Wildman–Crippen MR) is 82.0 cm³/mol. The molecule has 2 rings (SSSR count). The number of nitrogens with zero attached hydrogens (tertiary/aromatic N) is 1. The second-order valence-corrected chi connectivity index (χ2v) is 6.10. The molecule has 1 heterocycles. The quantitative estimate of drug-likeness (QED) is 0.819. The van der Waals surface area contributed by atoms with Crippen LogP contribution in [0.3, 0.4) is 0 Å². The first kappa shape index (κ1) is 16.0. The smallest absolute Gasteiger partial charge is 0.234 e. The number of amides is 1. The van der Waals surface area contributed by atoms with Crippen LogP contribution in [0.25, 0.3) is 0 Å². The zero-order chi connectivity index (χ0) is 15.2. The van der Waals surface area contributed by atoms with Crippen molar-refractivity contribution in [1.82, 2.24) is 15.8 Å². The molecule has 0 spiro atoms. The van der Waals surface area contributed by atoms with Gasteiger partial charge in [0.1, 0.15) is 5.76 Å². The van der Waals surface area contributed by atoms with Crippen LogP contribution < -0.4 is 10.6 Å². The minimum Gasteiger partial charge on any atom is -0.361 e. The van der Waals surface area contributed by atoms with Gasteiger partial charge in [-0.1, -0.05) is 30.8 Å². The number of carbonyl (C=O) groups is 1. The van der Waals surface area contributed by atoms with E-state index in [1.54, 1.807) is 0 Å². The van der Waals surface area contributed by atoms with Crippen LogP contribution in [0.5, 0.6) is 0 Å². The van der Waals surface area contributed by atoms with Gasteiger partial charge in [0.05, 0.1) is 12.2 Å². The first-order valence-corrected chi connectivity index (χ1v) is 8.03. The summed E-state index contributed by atoms with van der Waals surface area (Å²) in [6, 6.07) is 0.423. The molecule has 1 fully saturated rings. The fraction of sp³-hybridized carbons (Fsp3) is 0.750. The first-order chi connectivity index (χ1) is 10.1. The number of rotatable bonds is 5. The molecule has 1 saturated carbocycles. The van der Waals surface area contributed by atoms with Gasteiger partial charge in [-0.25, -0.2) is 0 Å². The molecule has 21 heavy (non-hydrogen) atoms. The first-order valence-electron chi connectivity index (χ1n) is 8.03. The average Bonchev–Trinajstić information content (AvgIpc) is 2.67. The summed E-state index contributed by atoms with van der Waals surface area (Å²) in [5.41, 5.74) is 1.94. The number of nitrogens with one attached hydrogen (secondary N) is 2. The molecule has 5 heteroatoms. The van der Waals surface area contributed by atoms with Gasteiger partial charge in [0.2, 0.25) is 5.91 Å². The highest BCUT2D eigenvalue weighted by Crippen LogP contribution is 2.20. The van der Waals surface area contributed by atoms with E-state index < -0.39 is 0 Å². The lowest BCUT2D eigenvalue weighted by molar-refractivity contribution is -0.121. The molecule has 0 saturated heterocycles. The molecule has 0 bridgehead atoms. The molecule has 0 aliphatic heterocycles. The number of hydrogen-bond donors (Lipinski definition) is 2. The maximum Gasteiger partial charge on any atom is 0.234 e. The zero-order valence-corrected chi connectivity index (χ0v) is 13.4. The topological polar surface area (TPSA) is 67.2 Å². The van der Waals surface area contributed by atoms with Crippen molar-refractivity contribution in [2.45, 2.75) is 71.4 Å². The molecule has 1 amide bonds. The Kier molecular flexibility index (Phi) is 5.79. The van der Waals surface area contributed by atoms with E-state index in [9.17, 15) is 4.79 Å². The third-order valence-electron chi connectivity index (χ3n) is 4.31. The standard InChI is InChI=1S/C16H27N3O2/c1-11(16-12(2)19-21-13(16)3)17-10-15(20)18-14-8-6-4-5-7-9-14/h11,14,17H,4-10H2,1-3H3,(H,18,20). The minimum atomic E-state index is 0.0659. The lowest BCUT2D eigenvalue weighted by Gasteiger charge is -2.18. The van der Waals surface area contributed by atoms with Crippen LogP contribution in [0.15, 0.2) is 4.52 Å². The van der Waals surface area contributed by atoms with Gasteiger partial charge in [-0.15, -0.1) is 0 Å². The summed E-state index contributed by atoms with van der Waals surface area (Å²) >= 11 is 0. The Morgan fingerprint density at radius 2 is 1.95 bits per heavy atom. The van der Waals surface area contributed by atoms with Crippen molar-refractivity contribution in [3.8, 4) is 0 Å². The van der Waals surface area contributed by atoms with Crippen LogP contribution in [0.1, 0.15) is 68.5 Å². The molecular formula is C16H27N3O2. The summed E-state index contributed by atoms with van der Waals surface area (Å²) in [4.78, 5) is 12.1. The molecule has 1 aliphatic carbocycles. The molecule has 1 atom stereocenters. The third kappa shape index (κ3) is 4.56. The van der Waals surface area contributed by atoms with Crippen molar-refractivity contribution in [2.75, 3.05) is 6.54 Å². The second-order valence-electron chi connectivity index (χ2n) is 6.10. The normalized spacial score (nSPS) is 18.2. The summed E-state index contributed by atoms with van der Waals surface area (Å²) in [5.74, 6) is 0.900.